The highest BCUT2D eigenvalue weighted by atomic mass is 127. The van der Waals surface area contributed by atoms with Gasteiger partial charge in [-0.25, -0.2) is 0 Å². The second-order valence-electron chi connectivity index (χ2n) is 8.18. The Kier molecular flexibility index (Phi) is 12.6. The van der Waals surface area contributed by atoms with Crippen LogP contribution in [-0.4, -0.2) is 78.1 Å². The van der Waals surface area contributed by atoms with Crippen molar-refractivity contribution in [3.05, 3.63) is 12.2 Å². The molecule has 1 aromatic heterocycles. The Morgan fingerprint density at radius 3 is 2.70 bits per heavy atom. The summed E-state index contributed by atoms with van der Waals surface area (Å²) in [6.07, 6.45) is 10.5. The molecule has 2 N–H and O–H groups in total. The molecule has 2 fully saturated rings. The van der Waals surface area contributed by atoms with E-state index >= 15 is 0 Å². The Balaban J connectivity index is 0.00000320. The van der Waals surface area contributed by atoms with Crippen LogP contribution in [0.25, 0.3) is 0 Å². The number of ether oxygens (including phenoxy) is 1. The molecule has 0 amide bonds. The van der Waals surface area contributed by atoms with Gasteiger partial charge in [-0.2, -0.15) is 0 Å². The minimum atomic E-state index is 0. The average Bonchev–Trinajstić information content (AvgIpc) is 3.35. The van der Waals surface area contributed by atoms with Crippen molar-refractivity contribution >= 4 is 29.9 Å². The van der Waals surface area contributed by atoms with Crippen LogP contribution >= 0.6 is 24.0 Å². The third-order valence-corrected chi connectivity index (χ3v) is 5.83. The Labute approximate surface area is 198 Å². The lowest BCUT2D eigenvalue weighted by Crippen LogP contribution is -2.40. The number of nitrogens with zero attached hydrogens (tertiary/aromatic N) is 5. The minimum Gasteiger partial charge on any atom is -0.381 e. The molecule has 3 rings (SSSR count). The first-order valence-electron chi connectivity index (χ1n) is 11.5. The molecule has 8 nitrogen and oxygen atoms in total. The summed E-state index contributed by atoms with van der Waals surface area (Å²) in [6.45, 7) is 11.0. The van der Waals surface area contributed by atoms with Gasteiger partial charge in [-0.05, 0) is 45.3 Å². The van der Waals surface area contributed by atoms with E-state index in [9.17, 15) is 0 Å². The predicted octanol–water partition coefficient (Wildman–Crippen LogP) is 2.30. The predicted molar refractivity (Wildman–Crippen MR) is 132 cm³/mol. The minimum absolute atomic E-state index is 0. The van der Waals surface area contributed by atoms with Crippen LogP contribution in [0.3, 0.4) is 0 Å². The SMILES string of the molecule is CCc1nncn1CCNC(=NCC1CCOC1)NCCCN1CCCCCC1.I. The first-order chi connectivity index (χ1) is 14.3. The molecule has 0 aromatic carbocycles. The molecule has 1 aromatic rings. The number of aromatic nitrogens is 3. The van der Waals surface area contributed by atoms with Gasteiger partial charge in [0.1, 0.15) is 12.2 Å². The van der Waals surface area contributed by atoms with Gasteiger partial charge in [0, 0.05) is 45.1 Å². The fourth-order valence-corrected chi connectivity index (χ4v) is 4.03. The summed E-state index contributed by atoms with van der Waals surface area (Å²) in [5.74, 6) is 2.49. The molecule has 1 atom stereocenters. The van der Waals surface area contributed by atoms with Crippen molar-refractivity contribution in [3.63, 3.8) is 0 Å². The molecule has 9 heteroatoms. The monoisotopic (exact) mass is 533 g/mol. The highest BCUT2D eigenvalue weighted by Crippen LogP contribution is 2.12. The van der Waals surface area contributed by atoms with Crippen LogP contribution in [0.15, 0.2) is 11.3 Å². The summed E-state index contributed by atoms with van der Waals surface area (Å²) in [5, 5.41) is 15.2. The number of hydrogen-bond donors (Lipinski definition) is 2. The van der Waals surface area contributed by atoms with Gasteiger partial charge >= 0.3 is 0 Å². The summed E-state index contributed by atoms with van der Waals surface area (Å²) in [5.41, 5.74) is 0. The second kappa shape index (κ2) is 15.0. The molecule has 30 heavy (non-hydrogen) atoms. The lowest BCUT2D eigenvalue weighted by molar-refractivity contribution is 0.187. The molecule has 2 aliphatic heterocycles. The number of guanidine groups is 1. The Morgan fingerprint density at radius 1 is 1.17 bits per heavy atom. The van der Waals surface area contributed by atoms with E-state index in [1.807, 2.05) is 6.33 Å². The third kappa shape index (κ3) is 9.05. The number of nitrogens with one attached hydrogen (secondary N) is 2. The zero-order valence-corrected chi connectivity index (χ0v) is 20.9. The number of hydrogen-bond acceptors (Lipinski definition) is 5. The highest BCUT2D eigenvalue weighted by Gasteiger charge is 2.15. The van der Waals surface area contributed by atoms with Crippen molar-refractivity contribution in [3.8, 4) is 0 Å². The Hall–Kier alpha value is -0.940. The van der Waals surface area contributed by atoms with Crippen LogP contribution in [0, 0.1) is 5.92 Å². The van der Waals surface area contributed by atoms with Crippen LogP contribution in [0.1, 0.15) is 51.3 Å². The van der Waals surface area contributed by atoms with Crippen molar-refractivity contribution in [1.29, 1.82) is 0 Å². The maximum absolute atomic E-state index is 5.49. The molecular formula is C21H40IN7O. The summed E-state index contributed by atoms with van der Waals surface area (Å²) < 4.78 is 7.59. The molecule has 3 heterocycles. The maximum atomic E-state index is 5.49. The molecule has 0 spiro atoms. The maximum Gasteiger partial charge on any atom is 0.191 e. The van der Waals surface area contributed by atoms with Crippen LogP contribution in [0.2, 0.25) is 0 Å². The van der Waals surface area contributed by atoms with E-state index in [4.69, 9.17) is 9.73 Å². The molecule has 0 aliphatic carbocycles. The number of rotatable bonds is 10. The van der Waals surface area contributed by atoms with E-state index in [2.05, 4.69) is 37.2 Å². The number of aliphatic imine (C=N–C) groups is 1. The molecule has 2 aliphatic rings. The van der Waals surface area contributed by atoms with Crippen LogP contribution in [-0.2, 0) is 17.7 Å². The summed E-state index contributed by atoms with van der Waals surface area (Å²) >= 11 is 0. The van der Waals surface area contributed by atoms with Crippen LogP contribution in [0.5, 0.6) is 0 Å². The lowest BCUT2D eigenvalue weighted by atomic mass is 10.1. The number of halogens is 1. The Morgan fingerprint density at radius 2 is 1.97 bits per heavy atom. The number of likely N-dealkylation sites (tertiary alicyclic amines) is 1. The van der Waals surface area contributed by atoms with Crippen LogP contribution in [0.4, 0.5) is 0 Å². The van der Waals surface area contributed by atoms with Gasteiger partial charge < -0.3 is 24.8 Å². The summed E-state index contributed by atoms with van der Waals surface area (Å²) in [6, 6.07) is 0. The van der Waals surface area contributed by atoms with E-state index in [0.29, 0.717) is 5.92 Å². The third-order valence-electron chi connectivity index (χ3n) is 5.83. The zero-order valence-electron chi connectivity index (χ0n) is 18.5. The van der Waals surface area contributed by atoms with E-state index in [1.54, 1.807) is 0 Å². The average molecular weight is 534 g/mol. The normalized spacial score (nSPS) is 20.6. The lowest BCUT2D eigenvalue weighted by Gasteiger charge is -2.20. The number of aryl methyl sites for hydroxylation is 1. The van der Waals surface area contributed by atoms with Crippen molar-refractivity contribution in [2.45, 2.75) is 58.4 Å². The fourth-order valence-electron chi connectivity index (χ4n) is 4.03. The van der Waals surface area contributed by atoms with Gasteiger partial charge in [0.2, 0.25) is 0 Å². The van der Waals surface area contributed by atoms with Gasteiger partial charge in [0.15, 0.2) is 5.96 Å². The van der Waals surface area contributed by atoms with E-state index in [1.165, 1.54) is 45.3 Å². The summed E-state index contributed by atoms with van der Waals surface area (Å²) in [4.78, 5) is 7.44. The van der Waals surface area contributed by atoms with E-state index in [-0.39, 0.29) is 24.0 Å². The summed E-state index contributed by atoms with van der Waals surface area (Å²) in [7, 11) is 0. The molecule has 0 radical (unpaired) electrons. The van der Waals surface area contributed by atoms with Gasteiger partial charge in [0.25, 0.3) is 0 Å². The molecule has 0 saturated carbocycles. The quantitative estimate of drug-likeness (QED) is 0.208. The van der Waals surface area contributed by atoms with Crippen molar-refractivity contribution < 1.29 is 4.74 Å². The first kappa shape index (κ1) is 25.3. The van der Waals surface area contributed by atoms with Crippen molar-refractivity contribution in [2.24, 2.45) is 10.9 Å². The van der Waals surface area contributed by atoms with Gasteiger partial charge in [-0.15, -0.1) is 34.2 Å². The smallest absolute Gasteiger partial charge is 0.191 e. The molecule has 0 bridgehead atoms. The molecular weight excluding hydrogens is 493 g/mol. The van der Waals surface area contributed by atoms with E-state index < -0.39 is 0 Å². The highest BCUT2D eigenvalue weighted by molar-refractivity contribution is 14.0. The van der Waals surface area contributed by atoms with Crippen molar-refractivity contribution in [2.75, 3.05) is 52.5 Å². The zero-order chi connectivity index (χ0) is 20.2. The van der Waals surface area contributed by atoms with Gasteiger partial charge in [0.05, 0.1) is 6.61 Å². The molecule has 2 saturated heterocycles. The molecule has 172 valence electrons. The first-order valence-corrected chi connectivity index (χ1v) is 11.5. The standard InChI is InChI=1S/C21H39N7O.HI/c1-2-20-26-25-18-28(20)14-10-23-21(24-16-19-8-15-29-17-19)22-9-7-13-27-11-5-3-4-6-12-27;/h18-19H,2-17H2,1H3,(H2,22,23,24);1H. The largest absolute Gasteiger partial charge is 0.381 e. The van der Waals surface area contributed by atoms with E-state index in [0.717, 1.165) is 70.4 Å². The van der Waals surface area contributed by atoms with Crippen LogP contribution < -0.4 is 10.6 Å². The van der Waals surface area contributed by atoms with Gasteiger partial charge in [-0.3, -0.25) is 4.99 Å². The Bertz CT molecular complexity index is 596. The fraction of sp³-hybridized carbons (Fsp3) is 0.857. The second-order valence-corrected chi connectivity index (χ2v) is 8.18. The van der Waals surface area contributed by atoms with Crippen molar-refractivity contribution in [1.82, 2.24) is 30.3 Å². The topological polar surface area (TPSA) is 79.6 Å². The molecule has 1 unspecified atom stereocenters. The van der Waals surface area contributed by atoms with Gasteiger partial charge in [-0.1, -0.05) is 19.8 Å².